The third-order valence-corrected chi connectivity index (χ3v) is 8.52. The Morgan fingerprint density at radius 3 is 2.63 bits per heavy atom. The van der Waals surface area contributed by atoms with Crippen molar-refractivity contribution in [1.82, 2.24) is 9.21 Å². The maximum absolute atomic E-state index is 13.0. The van der Waals surface area contributed by atoms with E-state index in [1.165, 1.54) is 4.31 Å². The van der Waals surface area contributed by atoms with Crippen LogP contribution in [0.5, 0.6) is 0 Å². The Morgan fingerprint density at radius 2 is 2.00 bits per heavy atom. The third kappa shape index (κ3) is 4.45. The van der Waals surface area contributed by atoms with Crippen LogP contribution >= 0.6 is 27.3 Å². The van der Waals surface area contributed by atoms with Gasteiger partial charge in [-0.25, -0.2) is 8.42 Å². The Hall–Kier alpha value is -1.22. The molecule has 146 valence electrons. The van der Waals surface area contributed by atoms with Gasteiger partial charge in [0.1, 0.15) is 0 Å². The number of carbonyl (C=O) groups excluding carboxylic acids is 1. The van der Waals surface area contributed by atoms with Crippen molar-refractivity contribution < 1.29 is 13.2 Å². The summed E-state index contributed by atoms with van der Waals surface area (Å²) < 4.78 is 28.2. The lowest BCUT2D eigenvalue weighted by molar-refractivity contribution is -0.137. The highest BCUT2D eigenvalue weighted by Crippen LogP contribution is 2.29. The number of halogens is 1. The number of carbonyl (C=O) groups is 1. The van der Waals surface area contributed by atoms with Crippen molar-refractivity contribution in [3.63, 3.8) is 0 Å². The molecule has 0 saturated carbocycles. The molecule has 0 radical (unpaired) electrons. The van der Waals surface area contributed by atoms with Crippen molar-refractivity contribution in [2.24, 2.45) is 5.92 Å². The second-order valence-electron chi connectivity index (χ2n) is 6.80. The van der Waals surface area contributed by atoms with Crippen molar-refractivity contribution >= 4 is 43.2 Å². The summed E-state index contributed by atoms with van der Waals surface area (Å²) in [6.07, 6.45) is 1.40. The summed E-state index contributed by atoms with van der Waals surface area (Å²) in [5, 5.41) is 2.00. The first-order chi connectivity index (χ1) is 12.8. The number of hydrogen-bond donors (Lipinski definition) is 0. The van der Waals surface area contributed by atoms with Crippen LogP contribution in [0.2, 0.25) is 0 Å². The van der Waals surface area contributed by atoms with E-state index in [0.717, 1.165) is 9.35 Å². The van der Waals surface area contributed by atoms with Crippen molar-refractivity contribution in [2.75, 3.05) is 20.1 Å². The largest absolute Gasteiger partial charge is 0.338 e. The highest BCUT2D eigenvalue weighted by molar-refractivity contribution is 9.10. The molecule has 1 fully saturated rings. The van der Waals surface area contributed by atoms with Crippen molar-refractivity contribution in [3.8, 4) is 0 Å². The highest BCUT2D eigenvalue weighted by atomic mass is 79.9. The number of thiophene rings is 1. The average molecular weight is 471 g/mol. The zero-order valence-corrected chi connectivity index (χ0v) is 18.6. The average Bonchev–Trinajstić information content (AvgIpc) is 3.21. The van der Waals surface area contributed by atoms with Crippen molar-refractivity contribution in [2.45, 2.75) is 30.7 Å². The van der Waals surface area contributed by atoms with E-state index in [4.69, 9.17) is 0 Å². The van der Waals surface area contributed by atoms with Crippen molar-refractivity contribution in [1.29, 1.82) is 0 Å². The topological polar surface area (TPSA) is 57.7 Å². The molecule has 1 amide bonds. The van der Waals surface area contributed by atoms with Gasteiger partial charge in [0.05, 0.1) is 16.9 Å². The van der Waals surface area contributed by atoms with Gasteiger partial charge in [-0.15, -0.1) is 11.3 Å². The van der Waals surface area contributed by atoms with Gasteiger partial charge >= 0.3 is 0 Å². The molecule has 0 bridgehead atoms. The van der Waals surface area contributed by atoms with Gasteiger partial charge in [0.25, 0.3) is 0 Å². The van der Waals surface area contributed by atoms with Crippen LogP contribution in [0.3, 0.4) is 0 Å². The fraction of sp³-hybridized carbons (Fsp3) is 0.421. The van der Waals surface area contributed by atoms with E-state index in [2.05, 4.69) is 15.9 Å². The summed E-state index contributed by atoms with van der Waals surface area (Å²) in [5.41, 5.74) is 0. The van der Waals surface area contributed by atoms with Crippen molar-refractivity contribution in [3.05, 3.63) is 51.1 Å². The molecule has 2 heterocycles. The third-order valence-electron chi connectivity index (χ3n) is 5.07. The minimum Gasteiger partial charge on any atom is -0.338 e. The number of rotatable bonds is 5. The summed E-state index contributed by atoms with van der Waals surface area (Å²) in [4.78, 5) is 16.1. The molecule has 2 aromatic rings. The van der Waals surface area contributed by atoms with Crippen LogP contribution in [-0.2, 0) is 14.8 Å². The van der Waals surface area contributed by atoms with Crippen LogP contribution in [-0.4, -0.2) is 43.7 Å². The number of nitrogens with zero attached hydrogens (tertiary/aromatic N) is 2. The fourth-order valence-electron chi connectivity index (χ4n) is 3.32. The molecule has 2 atom stereocenters. The smallest absolute Gasteiger partial charge is 0.243 e. The molecule has 5 nitrogen and oxygen atoms in total. The van der Waals surface area contributed by atoms with Crippen LogP contribution in [0.1, 0.15) is 30.7 Å². The highest BCUT2D eigenvalue weighted by Gasteiger charge is 2.35. The number of piperidine rings is 1. The van der Waals surface area contributed by atoms with Gasteiger partial charge in [-0.05, 0) is 55.5 Å². The SMILES string of the molecule is CC(c1cccs1)N(C)C(=O)C1CCCN(S(=O)(=O)c2ccc(Br)cc2)C1. The molecule has 2 unspecified atom stereocenters. The summed E-state index contributed by atoms with van der Waals surface area (Å²) >= 11 is 4.95. The fourth-order valence-corrected chi connectivity index (χ4v) is 5.93. The molecule has 0 aliphatic carbocycles. The van der Waals surface area contributed by atoms with Gasteiger partial charge in [0.15, 0.2) is 0 Å². The number of benzene rings is 1. The van der Waals surface area contributed by atoms with Gasteiger partial charge in [-0.1, -0.05) is 22.0 Å². The molecule has 1 aliphatic rings. The second-order valence-corrected chi connectivity index (χ2v) is 10.6. The van der Waals surface area contributed by atoms with Crippen LogP contribution in [0.25, 0.3) is 0 Å². The first-order valence-corrected chi connectivity index (χ1v) is 12.0. The van der Waals surface area contributed by atoms with E-state index < -0.39 is 10.0 Å². The lowest BCUT2D eigenvalue weighted by Gasteiger charge is -2.35. The van der Waals surface area contributed by atoms with E-state index in [-0.39, 0.29) is 29.3 Å². The van der Waals surface area contributed by atoms with Gasteiger partial charge in [0, 0.05) is 29.5 Å². The first kappa shape index (κ1) is 20.5. The van der Waals surface area contributed by atoms with Crippen LogP contribution < -0.4 is 0 Å². The lowest BCUT2D eigenvalue weighted by Crippen LogP contribution is -2.46. The minimum absolute atomic E-state index is 0.00612. The molecular weight excluding hydrogens is 448 g/mol. The molecule has 1 aromatic heterocycles. The molecule has 8 heteroatoms. The zero-order chi connectivity index (χ0) is 19.6. The number of hydrogen-bond acceptors (Lipinski definition) is 4. The molecule has 1 aromatic carbocycles. The van der Waals surface area contributed by atoms with Crippen LogP contribution in [0.15, 0.2) is 51.1 Å². The monoisotopic (exact) mass is 470 g/mol. The zero-order valence-electron chi connectivity index (χ0n) is 15.3. The summed E-state index contributed by atoms with van der Waals surface area (Å²) in [7, 11) is -1.79. The van der Waals surface area contributed by atoms with Crippen LogP contribution in [0.4, 0.5) is 0 Å². The Labute approximate surface area is 173 Å². The minimum atomic E-state index is -3.59. The Kier molecular flexibility index (Phi) is 6.40. The van der Waals surface area contributed by atoms with E-state index in [9.17, 15) is 13.2 Å². The molecule has 27 heavy (non-hydrogen) atoms. The molecule has 3 rings (SSSR count). The number of sulfonamides is 1. The van der Waals surface area contributed by atoms with Crippen LogP contribution in [0, 0.1) is 5.92 Å². The Morgan fingerprint density at radius 1 is 1.30 bits per heavy atom. The molecule has 0 spiro atoms. The summed E-state index contributed by atoms with van der Waals surface area (Å²) in [6.45, 7) is 2.69. The van der Waals surface area contributed by atoms with E-state index in [0.29, 0.717) is 19.4 Å². The van der Waals surface area contributed by atoms with E-state index in [1.54, 1.807) is 47.5 Å². The lowest BCUT2D eigenvalue weighted by atomic mass is 9.97. The van der Waals surface area contributed by atoms with E-state index >= 15 is 0 Å². The quantitative estimate of drug-likeness (QED) is 0.659. The van der Waals surface area contributed by atoms with Gasteiger partial charge in [0.2, 0.25) is 15.9 Å². The van der Waals surface area contributed by atoms with E-state index in [1.807, 2.05) is 24.4 Å². The molecule has 0 N–H and O–H groups in total. The van der Waals surface area contributed by atoms with Gasteiger partial charge in [-0.3, -0.25) is 4.79 Å². The molecule has 1 aliphatic heterocycles. The predicted molar refractivity (Wildman–Crippen MR) is 111 cm³/mol. The summed E-state index contributed by atoms with van der Waals surface area (Å²) in [6, 6.07) is 10.6. The molecular formula is C19H23BrN2O3S2. The van der Waals surface area contributed by atoms with Gasteiger partial charge in [-0.2, -0.15) is 4.31 Å². The molecule has 1 saturated heterocycles. The maximum Gasteiger partial charge on any atom is 0.243 e. The first-order valence-electron chi connectivity index (χ1n) is 8.86. The predicted octanol–water partition coefficient (Wildman–Crippen LogP) is 4.13. The maximum atomic E-state index is 13.0. The second kappa shape index (κ2) is 8.43. The number of amides is 1. The normalized spacial score (nSPS) is 19.6. The Bertz CT molecular complexity index is 882. The summed E-state index contributed by atoms with van der Waals surface area (Å²) in [5.74, 6) is -0.303. The standard InChI is InChI=1S/C19H23BrN2O3S2/c1-14(18-6-4-12-26-18)21(2)19(23)15-5-3-11-22(13-15)27(24,25)17-9-7-16(20)8-10-17/h4,6-10,12,14-15H,3,5,11,13H2,1-2H3. The Balaban J connectivity index is 1.73. The van der Waals surface area contributed by atoms with Gasteiger partial charge < -0.3 is 4.90 Å².